The van der Waals surface area contributed by atoms with Crippen LogP contribution in [-0.4, -0.2) is 24.0 Å². The van der Waals surface area contributed by atoms with E-state index in [0.29, 0.717) is 30.5 Å². The predicted octanol–water partition coefficient (Wildman–Crippen LogP) is 3.58. The smallest absolute Gasteiger partial charge is 0.256 e. The van der Waals surface area contributed by atoms with Crippen LogP contribution in [0.4, 0.5) is 0 Å². The molecule has 0 aliphatic carbocycles. The van der Waals surface area contributed by atoms with Crippen molar-refractivity contribution in [3.05, 3.63) is 59.3 Å². The van der Waals surface area contributed by atoms with E-state index < -0.39 is 0 Å². The van der Waals surface area contributed by atoms with Gasteiger partial charge < -0.3 is 10.1 Å². The lowest BCUT2D eigenvalue weighted by Gasteiger charge is -2.10. The van der Waals surface area contributed by atoms with E-state index in [0.717, 1.165) is 6.42 Å². The second-order valence-electron chi connectivity index (χ2n) is 5.69. The Bertz CT molecular complexity index is 636. The third-order valence-corrected chi connectivity index (χ3v) is 3.64. The average Bonchev–Trinajstić information content (AvgIpc) is 2.56. The zero-order chi connectivity index (χ0) is 16.7. The lowest BCUT2D eigenvalue weighted by molar-refractivity contribution is 0.0949. The number of amides is 1. The number of carbonyl (C=O) groups is 1. The number of nitrogens with zero attached hydrogens (tertiary/aromatic N) is 1. The first-order valence-corrected chi connectivity index (χ1v) is 8.06. The quantitative estimate of drug-likeness (QED) is 0.850. The summed E-state index contributed by atoms with van der Waals surface area (Å²) in [5.74, 6) is 0.764. The Morgan fingerprint density at radius 1 is 1.22 bits per heavy atom. The standard InChI is InChI=1S/C19H24N2O2/c1-4-23-19-17(6-5-12-21-19)18(22)20-13-11-15-7-9-16(10-8-15)14(2)3/h5-10,12,14H,4,11,13H2,1-3H3,(H,20,22). The molecule has 0 atom stereocenters. The van der Waals surface area contributed by atoms with Gasteiger partial charge in [0.05, 0.1) is 6.61 Å². The number of hydrogen-bond donors (Lipinski definition) is 1. The van der Waals surface area contributed by atoms with E-state index in [9.17, 15) is 4.79 Å². The van der Waals surface area contributed by atoms with Gasteiger partial charge in [-0.2, -0.15) is 0 Å². The van der Waals surface area contributed by atoms with Gasteiger partial charge in [0.25, 0.3) is 5.91 Å². The van der Waals surface area contributed by atoms with Crippen molar-refractivity contribution >= 4 is 5.91 Å². The molecule has 0 aliphatic heterocycles. The van der Waals surface area contributed by atoms with E-state index in [1.165, 1.54) is 11.1 Å². The van der Waals surface area contributed by atoms with Crippen LogP contribution in [0, 0.1) is 0 Å². The highest BCUT2D eigenvalue weighted by molar-refractivity contribution is 5.96. The predicted molar refractivity (Wildman–Crippen MR) is 92.0 cm³/mol. The summed E-state index contributed by atoms with van der Waals surface area (Å²) in [6, 6.07) is 12.0. The second-order valence-corrected chi connectivity index (χ2v) is 5.69. The van der Waals surface area contributed by atoms with Gasteiger partial charge in [-0.3, -0.25) is 4.79 Å². The third-order valence-electron chi connectivity index (χ3n) is 3.64. The van der Waals surface area contributed by atoms with Gasteiger partial charge in [-0.15, -0.1) is 0 Å². The molecule has 4 heteroatoms. The van der Waals surface area contributed by atoms with Crippen LogP contribution in [0.5, 0.6) is 5.88 Å². The fourth-order valence-corrected chi connectivity index (χ4v) is 2.30. The molecule has 23 heavy (non-hydrogen) atoms. The van der Waals surface area contributed by atoms with Crippen LogP contribution in [-0.2, 0) is 6.42 Å². The van der Waals surface area contributed by atoms with E-state index >= 15 is 0 Å². The molecule has 0 bridgehead atoms. The van der Waals surface area contributed by atoms with Gasteiger partial charge in [0.15, 0.2) is 0 Å². The van der Waals surface area contributed by atoms with Gasteiger partial charge in [0.1, 0.15) is 5.56 Å². The Hall–Kier alpha value is -2.36. The van der Waals surface area contributed by atoms with Crippen LogP contribution in [0.1, 0.15) is 48.2 Å². The highest BCUT2D eigenvalue weighted by atomic mass is 16.5. The largest absolute Gasteiger partial charge is 0.477 e. The number of benzene rings is 1. The average molecular weight is 312 g/mol. The van der Waals surface area contributed by atoms with E-state index in [1.54, 1.807) is 18.3 Å². The molecule has 1 heterocycles. The molecule has 1 N–H and O–H groups in total. The summed E-state index contributed by atoms with van der Waals surface area (Å²) < 4.78 is 5.39. The topological polar surface area (TPSA) is 51.2 Å². The summed E-state index contributed by atoms with van der Waals surface area (Å²) in [4.78, 5) is 16.3. The minimum absolute atomic E-state index is 0.152. The van der Waals surface area contributed by atoms with E-state index in [1.807, 2.05) is 6.92 Å². The summed E-state index contributed by atoms with van der Waals surface area (Å²) in [6.45, 7) is 7.30. The molecule has 1 amide bonds. The van der Waals surface area contributed by atoms with Crippen molar-refractivity contribution in [1.29, 1.82) is 0 Å². The van der Waals surface area contributed by atoms with Gasteiger partial charge in [0.2, 0.25) is 5.88 Å². The molecule has 0 fully saturated rings. The number of pyridine rings is 1. The van der Waals surface area contributed by atoms with Crippen LogP contribution in [0.15, 0.2) is 42.6 Å². The molecule has 0 saturated heterocycles. The lowest BCUT2D eigenvalue weighted by atomic mass is 10.0. The normalized spacial score (nSPS) is 10.6. The molecule has 1 aromatic carbocycles. The van der Waals surface area contributed by atoms with Gasteiger partial charge in [-0.25, -0.2) is 4.98 Å². The fraction of sp³-hybridized carbons (Fsp3) is 0.368. The summed E-state index contributed by atoms with van der Waals surface area (Å²) >= 11 is 0. The Balaban J connectivity index is 1.90. The van der Waals surface area contributed by atoms with Crippen molar-refractivity contribution in [1.82, 2.24) is 10.3 Å². The van der Waals surface area contributed by atoms with Crippen molar-refractivity contribution in [2.75, 3.05) is 13.2 Å². The molecule has 0 saturated carbocycles. The Kier molecular flexibility index (Phi) is 6.15. The summed E-state index contributed by atoms with van der Waals surface area (Å²) in [7, 11) is 0. The van der Waals surface area contributed by atoms with Crippen LogP contribution in [0.25, 0.3) is 0 Å². The first-order valence-electron chi connectivity index (χ1n) is 8.06. The Labute approximate surface area is 137 Å². The van der Waals surface area contributed by atoms with Gasteiger partial charge >= 0.3 is 0 Å². The molecule has 0 unspecified atom stereocenters. The van der Waals surface area contributed by atoms with Crippen molar-refractivity contribution < 1.29 is 9.53 Å². The first-order chi connectivity index (χ1) is 11.1. The molecule has 0 aliphatic rings. The maximum absolute atomic E-state index is 12.2. The summed E-state index contributed by atoms with van der Waals surface area (Å²) in [5, 5.41) is 2.92. The SMILES string of the molecule is CCOc1ncccc1C(=O)NCCc1ccc(C(C)C)cc1. The molecule has 122 valence electrons. The first kappa shape index (κ1) is 17.0. The van der Waals surface area contributed by atoms with Crippen LogP contribution < -0.4 is 10.1 Å². The summed E-state index contributed by atoms with van der Waals surface area (Å²) in [5.41, 5.74) is 3.02. The fourth-order valence-electron chi connectivity index (χ4n) is 2.30. The van der Waals surface area contributed by atoms with Gasteiger partial charge in [-0.1, -0.05) is 38.1 Å². The molecule has 4 nitrogen and oxygen atoms in total. The number of carbonyl (C=O) groups excluding carboxylic acids is 1. The van der Waals surface area contributed by atoms with E-state index in [2.05, 4.69) is 48.4 Å². The molecule has 0 spiro atoms. The van der Waals surface area contributed by atoms with Crippen molar-refractivity contribution in [2.24, 2.45) is 0 Å². The number of aromatic nitrogens is 1. The number of hydrogen-bond acceptors (Lipinski definition) is 3. The third kappa shape index (κ3) is 4.81. The maximum atomic E-state index is 12.2. The number of rotatable bonds is 7. The Morgan fingerprint density at radius 2 is 1.96 bits per heavy atom. The van der Waals surface area contributed by atoms with Crippen LogP contribution in [0.3, 0.4) is 0 Å². The Morgan fingerprint density at radius 3 is 2.61 bits per heavy atom. The van der Waals surface area contributed by atoms with Crippen molar-refractivity contribution in [3.63, 3.8) is 0 Å². The maximum Gasteiger partial charge on any atom is 0.256 e. The zero-order valence-electron chi connectivity index (χ0n) is 14.0. The van der Waals surface area contributed by atoms with E-state index in [-0.39, 0.29) is 5.91 Å². The molecular weight excluding hydrogens is 288 g/mol. The molecular formula is C19H24N2O2. The summed E-state index contributed by atoms with van der Waals surface area (Å²) in [6.07, 6.45) is 2.42. The van der Waals surface area contributed by atoms with Gasteiger partial charge in [-0.05, 0) is 42.5 Å². The minimum Gasteiger partial charge on any atom is -0.477 e. The van der Waals surface area contributed by atoms with Crippen LogP contribution in [0.2, 0.25) is 0 Å². The molecule has 2 aromatic rings. The minimum atomic E-state index is -0.152. The molecule has 0 radical (unpaired) electrons. The second kappa shape index (κ2) is 8.32. The lowest BCUT2D eigenvalue weighted by Crippen LogP contribution is -2.26. The number of nitrogens with one attached hydrogen (secondary N) is 1. The zero-order valence-corrected chi connectivity index (χ0v) is 14.0. The van der Waals surface area contributed by atoms with Gasteiger partial charge in [0, 0.05) is 12.7 Å². The monoisotopic (exact) mass is 312 g/mol. The van der Waals surface area contributed by atoms with Crippen molar-refractivity contribution in [2.45, 2.75) is 33.1 Å². The highest BCUT2D eigenvalue weighted by Gasteiger charge is 2.12. The number of ether oxygens (including phenoxy) is 1. The van der Waals surface area contributed by atoms with E-state index in [4.69, 9.17) is 4.74 Å². The van der Waals surface area contributed by atoms with Crippen LogP contribution >= 0.6 is 0 Å². The highest BCUT2D eigenvalue weighted by Crippen LogP contribution is 2.15. The molecule has 1 aromatic heterocycles. The molecule has 2 rings (SSSR count). The van der Waals surface area contributed by atoms with Crippen molar-refractivity contribution in [3.8, 4) is 5.88 Å².